The highest BCUT2D eigenvalue weighted by Crippen LogP contribution is 2.28. The van der Waals surface area contributed by atoms with Crippen LogP contribution < -0.4 is 16.0 Å². The molecule has 2 aromatic heterocycles. The predicted octanol–water partition coefficient (Wildman–Crippen LogP) is 4.72. The fourth-order valence-electron chi connectivity index (χ4n) is 5.96. The molecule has 12 heteroatoms. The maximum absolute atomic E-state index is 13.0. The smallest absolute Gasteiger partial charge is 0.227 e. The monoisotopic (exact) mass is 670 g/mol. The van der Waals surface area contributed by atoms with Crippen molar-refractivity contribution in [2.24, 2.45) is 0 Å². The summed E-state index contributed by atoms with van der Waals surface area (Å²) in [5.41, 5.74) is 5.04. The molecular formula is C38H42N10O2. The highest BCUT2D eigenvalue weighted by Gasteiger charge is 2.26. The summed E-state index contributed by atoms with van der Waals surface area (Å²) in [5, 5.41) is 42.6. The molecule has 1 aliphatic heterocycles. The zero-order valence-electron chi connectivity index (χ0n) is 28.5. The number of benzene rings is 2. The summed E-state index contributed by atoms with van der Waals surface area (Å²) in [4.78, 5) is 27.3. The molecule has 1 saturated heterocycles. The molecule has 2 aromatic carbocycles. The van der Waals surface area contributed by atoms with Crippen LogP contribution in [0.25, 0.3) is 0 Å². The molecule has 2 amide bonds. The molecule has 4 aromatic rings. The molecule has 1 fully saturated rings. The number of hydrogen-bond acceptors (Lipinski definition) is 10. The van der Waals surface area contributed by atoms with Gasteiger partial charge in [-0.3, -0.25) is 9.59 Å². The predicted molar refractivity (Wildman–Crippen MR) is 190 cm³/mol. The van der Waals surface area contributed by atoms with Crippen LogP contribution in [0.2, 0.25) is 0 Å². The van der Waals surface area contributed by atoms with Gasteiger partial charge in [0.25, 0.3) is 0 Å². The third kappa shape index (κ3) is 10.3. The number of nitriles is 2. The van der Waals surface area contributed by atoms with Crippen molar-refractivity contribution in [1.29, 1.82) is 10.5 Å². The van der Waals surface area contributed by atoms with Gasteiger partial charge in [0.2, 0.25) is 11.8 Å². The Morgan fingerprint density at radius 1 is 0.760 bits per heavy atom. The zero-order chi connectivity index (χ0) is 35.3. The number of nitrogens with zero attached hydrogens (tertiary/aromatic N) is 7. The van der Waals surface area contributed by atoms with Gasteiger partial charge in [-0.15, -0.1) is 20.4 Å². The number of likely N-dealkylation sites (tertiary alicyclic amines) is 1. The van der Waals surface area contributed by atoms with E-state index in [1.165, 1.54) is 11.1 Å². The van der Waals surface area contributed by atoms with E-state index in [0.29, 0.717) is 62.5 Å². The molecule has 256 valence electrons. The molecular weight excluding hydrogens is 628 g/mol. The van der Waals surface area contributed by atoms with Crippen LogP contribution in [0.15, 0.2) is 72.8 Å². The number of aromatic nitrogens is 4. The number of nitrogens with one attached hydrogen (secondary N) is 3. The second kappa shape index (κ2) is 17.5. The van der Waals surface area contributed by atoms with E-state index < -0.39 is 0 Å². The average Bonchev–Trinajstić information content (AvgIpc) is 3.62. The third-order valence-corrected chi connectivity index (χ3v) is 9.05. The Hall–Kier alpha value is -5.88. The largest absolute Gasteiger partial charge is 0.367 e. The Morgan fingerprint density at radius 3 is 1.86 bits per heavy atom. The fourth-order valence-corrected chi connectivity index (χ4v) is 5.96. The molecule has 3 N–H and O–H groups in total. The van der Waals surface area contributed by atoms with Crippen molar-refractivity contribution < 1.29 is 9.59 Å². The highest BCUT2D eigenvalue weighted by atomic mass is 16.2. The Kier molecular flexibility index (Phi) is 12.4. The number of amides is 2. The first-order valence-electron chi connectivity index (χ1n) is 17.0. The first-order chi connectivity index (χ1) is 24.3. The molecule has 0 spiro atoms. The van der Waals surface area contributed by atoms with Crippen molar-refractivity contribution in [3.8, 4) is 12.1 Å². The summed E-state index contributed by atoms with van der Waals surface area (Å²) in [6.45, 7) is 6.75. The first kappa shape index (κ1) is 35.4. The van der Waals surface area contributed by atoms with Crippen LogP contribution in [0, 0.1) is 22.7 Å². The average molecular weight is 671 g/mol. The van der Waals surface area contributed by atoms with E-state index in [0.717, 1.165) is 30.4 Å². The molecule has 3 heterocycles. The third-order valence-electron chi connectivity index (χ3n) is 9.05. The van der Waals surface area contributed by atoms with E-state index in [-0.39, 0.29) is 29.2 Å². The molecule has 5 rings (SSSR count). The maximum atomic E-state index is 13.0. The quantitative estimate of drug-likeness (QED) is 0.150. The van der Waals surface area contributed by atoms with Gasteiger partial charge < -0.3 is 20.9 Å². The lowest BCUT2D eigenvalue weighted by atomic mass is 9.88. The summed E-state index contributed by atoms with van der Waals surface area (Å²) in [5.74, 6) is 2.01. The zero-order valence-corrected chi connectivity index (χ0v) is 28.5. The molecule has 0 aliphatic carbocycles. The molecule has 12 nitrogen and oxygen atoms in total. The highest BCUT2D eigenvalue weighted by molar-refractivity contribution is 5.79. The van der Waals surface area contributed by atoms with Crippen LogP contribution in [0.4, 0.5) is 11.6 Å². The maximum Gasteiger partial charge on any atom is 0.227 e. The lowest BCUT2D eigenvalue weighted by Gasteiger charge is -2.18. The van der Waals surface area contributed by atoms with Crippen LogP contribution in [-0.4, -0.2) is 69.3 Å². The standard InChI is InChI=1S/C38H42N10O2/c1-26(30-9-5-28(6-10-30)21-37(49)42-19-18-41-35-15-13-32(23-39)44-46-35)3-4-27(2)31-11-7-29(8-12-31)22-38(50)48-20-17-34(25-48)43-36-16-14-33(24-40)45-47-36/h5-16,26-27,34H,3-4,17-22,25H2,1-2H3,(H,41,46)(H,42,49)(H,43,47)/t26?,27?,34-/m1/s1. The van der Waals surface area contributed by atoms with Crippen molar-refractivity contribution in [3.05, 3.63) is 106 Å². The van der Waals surface area contributed by atoms with Crippen molar-refractivity contribution in [1.82, 2.24) is 30.6 Å². The summed E-state index contributed by atoms with van der Waals surface area (Å²) in [6.07, 6.45) is 3.60. The van der Waals surface area contributed by atoms with Crippen LogP contribution in [0.3, 0.4) is 0 Å². The summed E-state index contributed by atoms with van der Waals surface area (Å²) < 4.78 is 0. The van der Waals surface area contributed by atoms with Gasteiger partial charge in [-0.2, -0.15) is 10.5 Å². The number of carbonyl (C=O) groups excluding carboxylic acids is 2. The van der Waals surface area contributed by atoms with Gasteiger partial charge in [-0.1, -0.05) is 62.4 Å². The second-order valence-corrected chi connectivity index (χ2v) is 12.8. The van der Waals surface area contributed by atoms with Crippen molar-refractivity contribution in [3.63, 3.8) is 0 Å². The van der Waals surface area contributed by atoms with Gasteiger partial charge in [0, 0.05) is 32.2 Å². The summed E-state index contributed by atoms with van der Waals surface area (Å²) in [6, 6.07) is 27.4. The minimum atomic E-state index is -0.0449. The Labute approximate surface area is 292 Å². The molecule has 1 aliphatic rings. The molecule has 0 saturated carbocycles. The van der Waals surface area contributed by atoms with E-state index in [1.807, 2.05) is 29.2 Å². The first-order valence-corrected chi connectivity index (χ1v) is 17.0. The Balaban J connectivity index is 0.988. The Morgan fingerprint density at radius 2 is 1.32 bits per heavy atom. The van der Waals surface area contributed by atoms with E-state index in [4.69, 9.17) is 10.5 Å². The van der Waals surface area contributed by atoms with E-state index >= 15 is 0 Å². The van der Waals surface area contributed by atoms with Crippen LogP contribution >= 0.6 is 0 Å². The van der Waals surface area contributed by atoms with Crippen LogP contribution in [-0.2, 0) is 22.4 Å². The summed E-state index contributed by atoms with van der Waals surface area (Å²) >= 11 is 0. The van der Waals surface area contributed by atoms with Crippen LogP contribution in [0.1, 0.15) is 78.6 Å². The number of carbonyl (C=O) groups is 2. The molecule has 0 radical (unpaired) electrons. The molecule has 50 heavy (non-hydrogen) atoms. The van der Waals surface area contributed by atoms with Crippen molar-refractivity contribution in [2.45, 2.75) is 63.8 Å². The van der Waals surface area contributed by atoms with Gasteiger partial charge in [0.1, 0.15) is 23.8 Å². The fraction of sp³-hybridized carbons (Fsp3) is 0.368. The Bertz CT molecular complexity index is 1800. The van der Waals surface area contributed by atoms with Gasteiger partial charge in [0.15, 0.2) is 11.4 Å². The van der Waals surface area contributed by atoms with Gasteiger partial charge in [0.05, 0.1) is 12.8 Å². The van der Waals surface area contributed by atoms with E-state index in [2.05, 4.69) is 86.6 Å². The van der Waals surface area contributed by atoms with Gasteiger partial charge in [-0.25, -0.2) is 0 Å². The SMILES string of the molecule is CC(CCC(C)c1ccc(CC(=O)N2CC[C@@H](Nc3ccc(C#N)nn3)C2)cc1)c1ccc(CC(=O)NCCNc2ccc(C#N)nn2)cc1. The minimum absolute atomic E-state index is 0.0449. The summed E-state index contributed by atoms with van der Waals surface area (Å²) in [7, 11) is 0. The lowest BCUT2D eigenvalue weighted by molar-refractivity contribution is -0.129. The van der Waals surface area contributed by atoms with Gasteiger partial charge in [-0.05, 0) is 77.6 Å². The van der Waals surface area contributed by atoms with Crippen molar-refractivity contribution in [2.75, 3.05) is 36.8 Å². The molecule has 3 atom stereocenters. The van der Waals surface area contributed by atoms with E-state index in [1.54, 1.807) is 24.3 Å². The van der Waals surface area contributed by atoms with E-state index in [9.17, 15) is 9.59 Å². The van der Waals surface area contributed by atoms with Crippen LogP contribution in [0.5, 0.6) is 0 Å². The number of rotatable bonds is 15. The van der Waals surface area contributed by atoms with Crippen molar-refractivity contribution >= 4 is 23.5 Å². The topological polar surface area (TPSA) is 173 Å². The van der Waals surface area contributed by atoms with Gasteiger partial charge >= 0.3 is 0 Å². The molecule has 0 bridgehead atoms. The lowest BCUT2D eigenvalue weighted by Crippen LogP contribution is -2.32. The molecule has 2 unspecified atom stereocenters. The number of anilines is 2. The number of hydrogen-bond donors (Lipinski definition) is 3. The minimum Gasteiger partial charge on any atom is -0.367 e. The second-order valence-electron chi connectivity index (χ2n) is 12.8. The normalized spacial score (nSPS) is 15.0.